The fourth-order valence-electron chi connectivity index (χ4n) is 2.74. The van der Waals surface area contributed by atoms with Gasteiger partial charge in [0.05, 0.1) is 18.8 Å². The first-order chi connectivity index (χ1) is 12.3. The molecule has 2 aromatic heterocycles. The van der Waals surface area contributed by atoms with Crippen molar-refractivity contribution in [3.63, 3.8) is 0 Å². The lowest BCUT2D eigenvalue weighted by atomic mass is 10.2. The Morgan fingerprint density at radius 3 is 2.56 bits per heavy atom. The summed E-state index contributed by atoms with van der Waals surface area (Å²) in [5.41, 5.74) is 2.86. The number of nitrogens with zero attached hydrogens (tertiary/aromatic N) is 4. The first-order valence-corrected chi connectivity index (χ1v) is 7.80. The highest BCUT2D eigenvalue weighted by Gasteiger charge is 2.13. The van der Waals surface area contributed by atoms with Crippen LogP contribution in [0.25, 0.3) is 22.4 Å². The van der Waals surface area contributed by atoms with E-state index < -0.39 is 0 Å². The largest absolute Gasteiger partial charge is 0.494 e. The lowest BCUT2D eigenvalue weighted by Crippen LogP contribution is -1.93. The molecule has 0 fully saturated rings. The number of methoxy groups -OCH3 is 1. The Morgan fingerprint density at radius 2 is 1.84 bits per heavy atom. The number of hydrogen-bond acceptors (Lipinski definition) is 5. The predicted octanol–water partition coefficient (Wildman–Crippen LogP) is 3.83. The molecule has 0 N–H and O–H groups in total. The molecule has 0 radical (unpaired) electrons. The second-order valence-electron chi connectivity index (χ2n) is 5.49. The molecule has 4 aromatic rings. The minimum Gasteiger partial charge on any atom is -0.494 e. The highest BCUT2D eigenvalue weighted by molar-refractivity contribution is 5.85. The number of rotatable bonds is 4. The third-order valence-electron chi connectivity index (χ3n) is 3.97. The first kappa shape index (κ1) is 15.1. The van der Waals surface area contributed by atoms with Crippen LogP contribution in [0.4, 0.5) is 0 Å². The van der Waals surface area contributed by atoms with Crippen LogP contribution in [0.5, 0.6) is 17.4 Å². The number of para-hydroxylation sites is 1. The predicted molar refractivity (Wildman–Crippen MR) is 94.8 cm³/mol. The summed E-state index contributed by atoms with van der Waals surface area (Å²) < 4.78 is 13.1. The van der Waals surface area contributed by atoms with E-state index in [0.717, 1.165) is 28.2 Å². The fraction of sp³-hybridized carbons (Fsp3) is 0.105. The lowest BCUT2D eigenvalue weighted by molar-refractivity contribution is 0.419. The van der Waals surface area contributed by atoms with E-state index in [1.54, 1.807) is 25.7 Å². The normalized spacial score (nSPS) is 10.8. The van der Waals surface area contributed by atoms with Gasteiger partial charge in [-0.25, -0.2) is 9.97 Å². The van der Waals surface area contributed by atoms with Gasteiger partial charge in [0, 0.05) is 25.0 Å². The number of aromatic nitrogens is 4. The standard InChI is InChI=1S/C19H16N4O2/c1-23-15-4-3-5-16(24-2)18(15)22-19(23)13-6-8-14(9-7-13)25-17-12-20-10-11-21-17/h3-12H,1-2H3. The molecule has 0 saturated heterocycles. The van der Waals surface area contributed by atoms with E-state index in [0.29, 0.717) is 11.6 Å². The number of aryl methyl sites for hydroxylation is 1. The van der Waals surface area contributed by atoms with Crippen molar-refractivity contribution in [3.05, 3.63) is 61.1 Å². The van der Waals surface area contributed by atoms with Gasteiger partial charge in [-0.15, -0.1) is 0 Å². The summed E-state index contributed by atoms with van der Waals surface area (Å²) in [6.07, 6.45) is 4.78. The number of imidazole rings is 1. The van der Waals surface area contributed by atoms with Gasteiger partial charge in [0.1, 0.15) is 22.8 Å². The molecule has 0 atom stereocenters. The topological polar surface area (TPSA) is 62.1 Å². The molecule has 2 heterocycles. The second kappa shape index (κ2) is 6.24. The van der Waals surface area contributed by atoms with Crippen LogP contribution in [0.15, 0.2) is 61.1 Å². The van der Waals surface area contributed by atoms with Crippen molar-refractivity contribution in [1.29, 1.82) is 0 Å². The maximum absolute atomic E-state index is 5.67. The van der Waals surface area contributed by atoms with E-state index in [4.69, 9.17) is 14.5 Å². The van der Waals surface area contributed by atoms with Crippen LogP contribution < -0.4 is 9.47 Å². The molecule has 25 heavy (non-hydrogen) atoms. The molecule has 0 aliphatic carbocycles. The van der Waals surface area contributed by atoms with Gasteiger partial charge in [-0.3, -0.25) is 4.98 Å². The maximum Gasteiger partial charge on any atom is 0.237 e. The van der Waals surface area contributed by atoms with E-state index in [-0.39, 0.29) is 0 Å². The molecule has 6 nitrogen and oxygen atoms in total. The quantitative estimate of drug-likeness (QED) is 0.568. The molecule has 124 valence electrons. The zero-order valence-electron chi connectivity index (χ0n) is 13.9. The summed E-state index contributed by atoms with van der Waals surface area (Å²) in [5.74, 6) is 2.79. The number of ether oxygens (including phenoxy) is 2. The van der Waals surface area contributed by atoms with Crippen LogP contribution in [0.3, 0.4) is 0 Å². The Kier molecular flexibility index (Phi) is 3.78. The van der Waals surface area contributed by atoms with Crippen molar-refractivity contribution in [2.45, 2.75) is 0 Å². The molecule has 0 unspecified atom stereocenters. The van der Waals surface area contributed by atoms with Gasteiger partial charge >= 0.3 is 0 Å². The van der Waals surface area contributed by atoms with Crippen molar-refractivity contribution in [1.82, 2.24) is 19.5 Å². The zero-order valence-corrected chi connectivity index (χ0v) is 13.9. The summed E-state index contributed by atoms with van der Waals surface area (Å²) in [5, 5.41) is 0. The summed E-state index contributed by atoms with van der Waals surface area (Å²) in [6.45, 7) is 0. The van der Waals surface area contributed by atoms with Gasteiger partial charge < -0.3 is 14.0 Å². The smallest absolute Gasteiger partial charge is 0.237 e. The molecule has 0 spiro atoms. The zero-order chi connectivity index (χ0) is 17.2. The molecular formula is C19H16N4O2. The molecule has 0 aliphatic heterocycles. The Hall–Kier alpha value is -3.41. The molecule has 2 aromatic carbocycles. The average Bonchev–Trinajstić information content (AvgIpc) is 3.00. The summed E-state index contributed by atoms with van der Waals surface area (Å²) in [4.78, 5) is 12.8. The molecule has 0 bridgehead atoms. The summed E-state index contributed by atoms with van der Waals surface area (Å²) in [7, 11) is 3.65. The van der Waals surface area contributed by atoms with Crippen LogP contribution in [0, 0.1) is 0 Å². The summed E-state index contributed by atoms with van der Waals surface area (Å²) in [6, 6.07) is 13.6. The van der Waals surface area contributed by atoms with Crippen LogP contribution in [0.2, 0.25) is 0 Å². The van der Waals surface area contributed by atoms with Gasteiger partial charge in [-0.05, 0) is 36.4 Å². The molecule has 0 amide bonds. The van der Waals surface area contributed by atoms with Crippen molar-refractivity contribution in [3.8, 4) is 28.8 Å². The van der Waals surface area contributed by atoms with Crippen molar-refractivity contribution in [2.75, 3.05) is 7.11 Å². The van der Waals surface area contributed by atoms with Gasteiger partial charge in [-0.1, -0.05) is 6.07 Å². The molecule has 4 rings (SSSR count). The highest BCUT2D eigenvalue weighted by atomic mass is 16.5. The fourth-order valence-corrected chi connectivity index (χ4v) is 2.74. The summed E-state index contributed by atoms with van der Waals surface area (Å²) >= 11 is 0. The first-order valence-electron chi connectivity index (χ1n) is 7.80. The van der Waals surface area contributed by atoms with Crippen LogP contribution >= 0.6 is 0 Å². The molecule has 6 heteroatoms. The molecular weight excluding hydrogens is 316 g/mol. The third kappa shape index (κ3) is 2.78. The molecule has 0 saturated carbocycles. The second-order valence-corrected chi connectivity index (χ2v) is 5.49. The number of benzene rings is 2. The Morgan fingerprint density at radius 1 is 1.00 bits per heavy atom. The minimum atomic E-state index is 0.461. The van der Waals surface area contributed by atoms with Gasteiger partial charge in [0.15, 0.2) is 0 Å². The van der Waals surface area contributed by atoms with Crippen molar-refractivity contribution in [2.24, 2.45) is 7.05 Å². The minimum absolute atomic E-state index is 0.461. The van der Waals surface area contributed by atoms with Crippen LogP contribution in [0.1, 0.15) is 0 Å². The molecule has 0 aliphatic rings. The monoisotopic (exact) mass is 332 g/mol. The van der Waals surface area contributed by atoms with Crippen molar-refractivity contribution >= 4 is 11.0 Å². The number of hydrogen-bond donors (Lipinski definition) is 0. The average molecular weight is 332 g/mol. The van der Waals surface area contributed by atoms with E-state index in [2.05, 4.69) is 14.5 Å². The van der Waals surface area contributed by atoms with E-state index in [9.17, 15) is 0 Å². The maximum atomic E-state index is 5.67. The van der Waals surface area contributed by atoms with Gasteiger partial charge in [-0.2, -0.15) is 0 Å². The van der Waals surface area contributed by atoms with Crippen LogP contribution in [-0.4, -0.2) is 26.6 Å². The van der Waals surface area contributed by atoms with E-state index in [1.807, 2.05) is 49.5 Å². The Labute approximate surface area is 144 Å². The Bertz CT molecular complexity index is 1010. The van der Waals surface area contributed by atoms with Gasteiger partial charge in [0.25, 0.3) is 0 Å². The van der Waals surface area contributed by atoms with Crippen molar-refractivity contribution < 1.29 is 9.47 Å². The number of fused-ring (bicyclic) bond motifs is 1. The van der Waals surface area contributed by atoms with E-state index >= 15 is 0 Å². The highest BCUT2D eigenvalue weighted by Crippen LogP contribution is 2.30. The van der Waals surface area contributed by atoms with Gasteiger partial charge in [0.2, 0.25) is 5.88 Å². The third-order valence-corrected chi connectivity index (χ3v) is 3.97. The van der Waals surface area contributed by atoms with E-state index in [1.165, 1.54) is 0 Å². The Balaban J connectivity index is 1.68. The SMILES string of the molecule is COc1cccc2c1nc(-c1ccc(Oc3cnccn3)cc1)n2C. The lowest BCUT2D eigenvalue weighted by Gasteiger charge is -2.06. The van der Waals surface area contributed by atoms with Crippen LogP contribution in [-0.2, 0) is 7.05 Å².